The Morgan fingerprint density at radius 1 is 1.48 bits per heavy atom. The van der Waals surface area contributed by atoms with E-state index in [2.05, 4.69) is 5.32 Å². The summed E-state index contributed by atoms with van der Waals surface area (Å²) in [4.78, 5) is 13.0. The SMILES string of the molecule is CC1CNCCN1Cc1ccc(C(=O)Cl)cc1C(F)(F)F. The van der Waals surface area contributed by atoms with Crippen LogP contribution in [-0.4, -0.2) is 35.8 Å². The molecule has 21 heavy (non-hydrogen) atoms. The monoisotopic (exact) mass is 320 g/mol. The minimum Gasteiger partial charge on any atom is -0.314 e. The average Bonchev–Trinajstić information content (AvgIpc) is 2.40. The first kappa shape index (κ1) is 16.3. The highest BCUT2D eigenvalue weighted by Gasteiger charge is 2.34. The number of hydrogen-bond acceptors (Lipinski definition) is 3. The van der Waals surface area contributed by atoms with E-state index >= 15 is 0 Å². The van der Waals surface area contributed by atoms with Gasteiger partial charge in [0, 0.05) is 37.8 Å². The topological polar surface area (TPSA) is 32.3 Å². The highest BCUT2D eigenvalue weighted by atomic mass is 35.5. The minimum absolute atomic E-state index is 0.138. The van der Waals surface area contributed by atoms with Gasteiger partial charge in [0.15, 0.2) is 0 Å². The predicted octanol–water partition coefficient (Wildman–Crippen LogP) is 2.88. The molecular weight excluding hydrogens is 305 g/mol. The molecule has 1 fully saturated rings. The molecule has 1 aromatic carbocycles. The molecule has 116 valence electrons. The van der Waals surface area contributed by atoms with Gasteiger partial charge < -0.3 is 5.32 Å². The Labute approximate surface area is 126 Å². The predicted molar refractivity (Wildman–Crippen MR) is 74.4 cm³/mol. The average molecular weight is 321 g/mol. The standard InChI is InChI=1S/C14H16ClF3N2O/c1-9-7-19-4-5-20(9)8-11-3-2-10(13(15)21)6-12(11)14(16,17)18/h2-3,6,9,19H,4-5,7-8H2,1H3. The van der Waals surface area contributed by atoms with Crippen molar-refractivity contribution in [3.63, 3.8) is 0 Å². The van der Waals surface area contributed by atoms with Crippen LogP contribution in [0.4, 0.5) is 13.2 Å². The first-order valence-electron chi connectivity index (χ1n) is 6.64. The molecule has 0 aromatic heterocycles. The quantitative estimate of drug-likeness (QED) is 0.869. The van der Waals surface area contributed by atoms with E-state index < -0.39 is 17.0 Å². The molecular formula is C14H16ClF3N2O. The van der Waals surface area contributed by atoms with Crippen molar-refractivity contribution >= 4 is 16.8 Å². The zero-order valence-electron chi connectivity index (χ0n) is 11.5. The van der Waals surface area contributed by atoms with E-state index in [-0.39, 0.29) is 23.7 Å². The smallest absolute Gasteiger partial charge is 0.314 e. The van der Waals surface area contributed by atoms with Gasteiger partial charge in [-0.1, -0.05) is 6.07 Å². The number of hydrogen-bond donors (Lipinski definition) is 1. The summed E-state index contributed by atoms with van der Waals surface area (Å²) < 4.78 is 39.5. The molecule has 7 heteroatoms. The second kappa shape index (κ2) is 6.34. The van der Waals surface area contributed by atoms with Gasteiger partial charge >= 0.3 is 6.18 Å². The summed E-state index contributed by atoms with van der Waals surface area (Å²) in [6.07, 6.45) is -4.51. The van der Waals surface area contributed by atoms with Crippen LogP contribution in [0.3, 0.4) is 0 Å². The number of carbonyl (C=O) groups excluding carboxylic acids is 1. The molecule has 0 bridgehead atoms. The van der Waals surface area contributed by atoms with Gasteiger partial charge in [-0.25, -0.2) is 0 Å². The van der Waals surface area contributed by atoms with E-state index in [4.69, 9.17) is 11.6 Å². The van der Waals surface area contributed by atoms with Crippen LogP contribution >= 0.6 is 11.6 Å². The van der Waals surface area contributed by atoms with E-state index in [1.165, 1.54) is 12.1 Å². The fourth-order valence-corrected chi connectivity index (χ4v) is 2.55. The molecule has 1 aromatic rings. The van der Waals surface area contributed by atoms with Crippen molar-refractivity contribution in [2.75, 3.05) is 19.6 Å². The van der Waals surface area contributed by atoms with Crippen LogP contribution in [0.25, 0.3) is 0 Å². The molecule has 0 aliphatic carbocycles. The Morgan fingerprint density at radius 3 is 2.76 bits per heavy atom. The number of nitrogens with zero attached hydrogens (tertiary/aromatic N) is 1. The van der Waals surface area contributed by atoms with Gasteiger partial charge in [0.25, 0.3) is 5.24 Å². The summed E-state index contributed by atoms with van der Waals surface area (Å²) in [6.45, 7) is 4.36. The van der Waals surface area contributed by atoms with E-state index in [1.54, 1.807) is 0 Å². The molecule has 0 saturated carbocycles. The molecule has 1 atom stereocenters. The van der Waals surface area contributed by atoms with Gasteiger partial charge in [0.2, 0.25) is 0 Å². The summed E-state index contributed by atoms with van der Waals surface area (Å²) in [5.41, 5.74) is -0.765. The maximum Gasteiger partial charge on any atom is 0.416 e. The van der Waals surface area contributed by atoms with E-state index in [1.807, 2.05) is 11.8 Å². The van der Waals surface area contributed by atoms with Crippen molar-refractivity contribution in [2.24, 2.45) is 0 Å². The molecule has 1 unspecified atom stereocenters. The van der Waals surface area contributed by atoms with Crippen molar-refractivity contribution in [3.05, 3.63) is 34.9 Å². The fraction of sp³-hybridized carbons (Fsp3) is 0.500. The maximum absolute atomic E-state index is 13.2. The maximum atomic E-state index is 13.2. The molecule has 1 saturated heterocycles. The van der Waals surface area contributed by atoms with Crippen LogP contribution < -0.4 is 5.32 Å². The van der Waals surface area contributed by atoms with Gasteiger partial charge in [-0.3, -0.25) is 9.69 Å². The highest BCUT2D eigenvalue weighted by Crippen LogP contribution is 2.34. The van der Waals surface area contributed by atoms with Crippen molar-refractivity contribution in [2.45, 2.75) is 25.7 Å². The molecule has 0 amide bonds. The lowest BCUT2D eigenvalue weighted by atomic mass is 10.0. The molecule has 1 aliphatic heterocycles. The van der Waals surface area contributed by atoms with Crippen LogP contribution in [0.2, 0.25) is 0 Å². The summed E-state index contributed by atoms with van der Waals surface area (Å²) in [5.74, 6) is 0. The normalized spacial score (nSPS) is 20.5. The first-order valence-corrected chi connectivity index (χ1v) is 7.01. The Morgan fingerprint density at radius 2 is 2.19 bits per heavy atom. The van der Waals surface area contributed by atoms with Gasteiger partial charge in [0.05, 0.1) is 5.56 Å². The van der Waals surface area contributed by atoms with Crippen LogP contribution in [-0.2, 0) is 12.7 Å². The lowest BCUT2D eigenvalue weighted by Gasteiger charge is -2.34. The molecule has 1 heterocycles. The number of carbonyl (C=O) groups is 1. The number of piperazine rings is 1. The van der Waals surface area contributed by atoms with E-state index in [0.29, 0.717) is 6.54 Å². The Hall–Kier alpha value is -1.11. The summed E-state index contributed by atoms with van der Waals surface area (Å²) >= 11 is 5.27. The third-order valence-corrected chi connectivity index (χ3v) is 3.87. The first-order chi connectivity index (χ1) is 9.79. The zero-order chi connectivity index (χ0) is 15.6. The van der Waals surface area contributed by atoms with Crippen LogP contribution in [0.5, 0.6) is 0 Å². The second-order valence-electron chi connectivity index (χ2n) is 5.17. The van der Waals surface area contributed by atoms with Crippen molar-refractivity contribution in [1.82, 2.24) is 10.2 Å². The molecule has 1 aliphatic rings. The number of benzene rings is 1. The van der Waals surface area contributed by atoms with Crippen molar-refractivity contribution in [3.8, 4) is 0 Å². The summed E-state index contributed by atoms with van der Waals surface area (Å²) in [5, 5.41) is 2.31. The minimum atomic E-state index is -4.51. The molecule has 3 nitrogen and oxygen atoms in total. The van der Waals surface area contributed by atoms with E-state index in [9.17, 15) is 18.0 Å². The largest absolute Gasteiger partial charge is 0.416 e. The van der Waals surface area contributed by atoms with Crippen LogP contribution in [0, 0.1) is 0 Å². The Kier molecular flexibility index (Phi) is 4.91. The summed E-state index contributed by atoms with van der Waals surface area (Å²) in [6, 6.07) is 3.67. The summed E-state index contributed by atoms with van der Waals surface area (Å²) in [7, 11) is 0. The van der Waals surface area contributed by atoms with Crippen molar-refractivity contribution < 1.29 is 18.0 Å². The van der Waals surface area contributed by atoms with Gasteiger partial charge in [0.1, 0.15) is 0 Å². The van der Waals surface area contributed by atoms with Crippen LogP contribution in [0.1, 0.15) is 28.4 Å². The zero-order valence-corrected chi connectivity index (χ0v) is 12.3. The highest BCUT2D eigenvalue weighted by molar-refractivity contribution is 6.67. The lowest BCUT2D eigenvalue weighted by Crippen LogP contribution is -2.49. The van der Waals surface area contributed by atoms with E-state index in [0.717, 1.165) is 19.2 Å². The lowest BCUT2D eigenvalue weighted by molar-refractivity contribution is -0.138. The Bertz CT molecular complexity index is 533. The molecule has 0 radical (unpaired) electrons. The van der Waals surface area contributed by atoms with Gasteiger partial charge in [-0.05, 0) is 36.2 Å². The number of nitrogens with one attached hydrogen (secondary N) is 1. The number of halogens is 4. The molecule has 0 spiro atoms. The molecule has 1 N–H and O–H groups in total. The molecule has 2 rings (SSSR count). The Balaban J connectivity index is 2.31. The van der Waals surface area contributed by atoms with Gasteiger partial charge in [-0.2, -0.15) is 13.2 Å². The van der Waals surface area contributed by atoms with Crippen LogP contribution in [0.15, 0.2) is 18.2 Å². The van der Waals surface area contributed by atoms with Crippen molar-refractivity contribution in [1.29, 1.82) is 0 Å². The third-order valence-electron chi connectivity index (χ3n) is 3.65. The number of alkyl halides is 3. The third kappa shape index (κ3) is 3.96. The van der Waals surface area contributed by atoms with Gasteiger partial charge in [-0.15, -0.1) is 0 Å². The fourth-order valence-electron chi connectivity index (χ4n) is 2.44. The second-order valence-corrected chi connectivity index (χ2v) is 5.51. The number of rotatable bonds is 3.